The molecule has 0 N–H and O–H groups in total. The molecule has 0 atom stereocenters. The van der Waals surface area contributed by atoms with Crippen LogP contribution in [0.4, 0.5) is 0 Å². The predicted octanol–water partition coefficient (Wildman–Crippen LogP) is 4.10. The van der Waals surface area contributed by atoms with Crippen molar-refractivity contribution in [2.24, 2.45) is 0 Å². The Morgan fingerprint density at radius 2 is 2.15 bits per heavy atom. The molecule has 0 amide bonds. The van der Waals surface area contributed by atoms with E-state index in [0.717, 1.165) is 29.9 Å². The van der Waals surface area contributed by atoms with Crippen molar-refractivity contribution in [2.45, 2.75) is 12.8 Å². The third-order valence-corrected chi connectivity index (χ3v) is 3.02. The van der Waals surface area contributed by atoms with Gasteiger partial charge in [-0.1, -0.05) is 24.3 Å². The highest BCUT2D eigenvalue weighted by Crippen LogP contribution is 2.26. The summed E-state index contributed by atoms with van der Waals surface area (Å²) in [7, 11) is 0. The first kappa shape index (κ1) is 12.5. The van der Waals surface area contributed by atoms with Gasteiger partial charge in [-0.15, -0.1) is 0 Å². The molecule has 0 radical (unpaired) electrons. The first-order valence-corrected chi connectivity index (χ1v) is 6.61. The molecule has 1 aliphatic heterocycles. The number of ether oxygens (including phenoxy) is 2. The molecule has 0 spiro atoms. The molecule has 2 aliphatic rings. The Bertz CT molecular complexity index is 622. The molecule has 0 fully saturated rings. The molecule has 1 aromatic heterocycles. The molecule has 0 bridgehead atoms. The van der Waals surface area contributed by atoms with Gasteiger partial charge in [0.05, 0.1) is 5.69 Å². The topological polar surface area (TPSA) is 31.4 Å². The Balaban J connectivity index is 1.68. The van der Waals surface area contributed by atoms with Crippen LogP contribution in [-0.2, 0) is 9.47 Å². The molecule has 20 heavy (non-hydrogen) atoms. The molecule has 2 heterocycles. The van der Waals surface area contributed by atoms with Gasteiger partial charge in [-0.25, -0.2) is 0 Å². The van der Waals surface area contributed by atoms with Crippen molar-refractivity contribution in [3.63, 3.8) is 0 Å². The van der Waals surface area contributed by atoms with E-state index in [1.54, 1.807) is 18.7 Å². The summed E-state index contributed by atoms with van der Waals surface area (Å²) in [5.41, 5.74) is 2.04. The molecule has 3 nitrogen and oxygen atoms in total. The third kappa shape index (κ3) is 3.06. The lowest BCUT2D eigenvalue weighted by Crippen LogP contribution is -2.02. The zero-order valence-electron chi connectivity index (χ0n) is 11.0. The van der Waals surface area contributed by atoms with E-state index in [4.69, 9.17) is 9.47 Å². The van der Waals surface area contributed by atoms with E-state index in [0.29, 0.717) is 5.76 Å². The summed E-state index contributed by atoms with van der Waals surface area (Å²) >= 11 is 0. The van der Waals surface area contributed by atoms with E-state index in [1.165, 1.54) is 0 Å². The van der Waals surface area contributed by atoms with Gasteiger partial charge in [0.15, 0.2) is 11.5 Å². The number of hydrogen-bond acceptors (Lipinski definition) is 3. The van der Waals surface area contributed by atoms with Crippen LogP contribution in [-0.4, -0.2) is 4.98 Å². The lowest BCUT2D eigenvalue weighted by Gasteiger charge is -2.17. The average molecular weight is 265 g/mol. The summed E-state index contributed by atoms with van der Waals surface area (Å²) in [6, 6.07) is 5.77. The van der Waals surface area contributed by atoms with E-state index in [1.807, 2.05) is 36.4 Å². The number of allylic oxidation sites excluding steroid dienone is 5. The van der Waals surface area contributed by atoms with Crippen molar-refractivity contribution in [3.05, 3.63) is 84.0 Å². The van der Waals surface area contributed by atoms with Gasteiger partial charge in [-0.05, 0) is 42.7 Å². The monoisotopic (exact) mass is 265 g/mol. The van der Waals surface area contributed by atoms with Gasteiger partial charge < -0.3 is 9.47 Å². The Labute approximate surface area is 118 Å². The fourth-order valence-electron chi connectivity index (χ4n) is 2.00. The molecule has 0 saturated heterocycles. The lowest BCUT2D eigenvalue weighted by molar-refractivity contribution is 0.240. The van der Waals surface area contributed by atoms with Crippen molar-refractivity contribution in [3.8, 4) is 0 Å². The minimum atomic E-state index is 0.670. The van der Waals surface area contributed by atoms with Crippen molar-refractivity contribution >= 4 is 6.08 Å². The van der Waals surface area contributed by atoms with E-state index in [-0.39, 0.29) is 0 Å². The number of rotatable bonds is 3. The Hall–Kier alpha value is -2.55. The summed E-state index contributed by atoms with van der Waals surface area (Å²) in [5.74, 6) is 1.45. The van der Waals surface area contributed by atoms with Crippen LogP contribution in [0.1, 0.15) is 18.5 Å². The molecule has 1 aromatic rings. The van der Waals surface area contributed by atoms with E-state index in [9.17, 15) is 0 Å². The largest absolute Gasteiger partial charge is 0.465 e. The van der Waals surface area contributed by atoms with Gasteiger partial charge in [-0.3, -0.25) is 4.98 Å². The lowest BCUT2D eigenvalue weighted by atomic mass is 10.0. The molecule has 3 heteroatoms. The first-order valence-electron chi connectivity index (χ1n) is 6.61. The quantitative estimate of drug-likeness (QED) is 0.824. The maximum Gasteiger partial charge on any atom is 0.165 e. The van der Waals surface area contributed by atoms with Crippen LogP contribution in [0, 0.1) is 0 Å². The standard InChI is InChI=1S/C17H15NO2/c1-2-6-14(7-3-1)17-13-19-12-16(20-17)10-9-15-8-4-5-11-18-15/h1-2,4-6,8-13H,3,7H2. The van der Waals surface area contributed by atoms with Crippen LogP contribution in [0.3, 0.4) is 0 Å². The molecule has 1 aliphatic carbocycles. The van der Waals surface area contributed by atoms with E-state index >= 15 is 0 Å². The summed E-state index contributed by atoms with van der Waals surface area (Å²) < 4.78 is 11.2. The first-order chi connectivity index (χ1) is 9.92. The van der Waals surface area contributed by atoms with Crippen molar-refractivity contribution in [2.75, 3.05) is 0 Å². The van der Waals surface area contributed by atoms with Crippen LogP contribution in [0.15, 0.2) is 78.3 Å². The number of nitrogens with zero attached hydrogens (tertiary/aromatic N) is 1. The second-order valence-electron chi connectivity index (χ2n) is 4.49. The summed E-state index contributed by atoms with van der Waals surface area (Å²) in [6.45, 7) is 0. The molecule has 0 aromatic carbocycles. The molecular weight excluding hydrogens is 250 g/mol. The van der Waals surface area contributed by atoms with Crippen LogP contribution in [0.25, 0.3) is 6.08 Å². The summed E-state index contributed by atoms with van der Waals surface area (Å²) in [5, 5.41) is 0. The normalized spacial score (nSPS) is 17.9. The maximum atomic E-state index is 5.83. The van der Waals surface area contributed by atoms with Crippen molar-refractivity contribution in [1.82, 2.24) is 4.98 Å². The molecule has 100 valence electrons. The van der Waals surface area contributed by atoms with E-state index in [2.05, 4.69) is 17.1 Å². The zero-order chi connectivity index (χ0) is 13.6. The highest BCUT2D eigenvalue weighted by atomic mass is 16.5. The number of aromatic nitrogens is 1. The fourth-order valence-corrected chi connectivity index (χ4v) is 2.00. The minimum absolute atomic E-state index is 0.670. The van der Waals surface area contributed by atoms with Crippen molar-refractivity contribution < 1.29 is 9.47 Å². The minimum Gasteiger partial charge on any atom is -0.465 e. The SMILES string of the molecule is C1=CCCC(C2=COC=C(C=Cc3ccccn3)O2)=C1. The number of hydrogen-bond donors (Lipinski definition) is 0. The van der Waals surface area contributed by atoms with Crippen LogP contribution in [0.5, 0.6) is 0 Å². The van der Waals surface area contributed by atoms with Gasteiger partial charge in [0.2, 0.25) is 0 Å². The van der Waals surface area contributed by atoms with Gasteiger partial charge in [0.1, 0.15) is 12.5 Å². The Morgan fingerprint density at radius 3 is 2.95 bits per heavy atom. The fraction of sp³-hybridized carbons (Fsp3) is 0.118. The molecule has 0 saturated carbocycles. The molecule has 3 rings (SSSR count). The second-order valence-corrected chi connectivity index (χ2v) is 4.49. The van der Waals surface area contributed by atoms with Crippen LogP contribution >= 0.6 is 0 Å². The van der Waals surface area contributed by atoms with E-state index < -0.39 is 0 Å². The predicted molar refractivity (Wildman–Crippen MR) is 78.1 cm³/mol. The summed E-state index contributed by atoms with van der Waals surface area (Å²) in [6.07, 6.45) is 17.0. The van der Waals surface area contributed by atoms with Gasteiger partial charge in [-0.2, -0.15) is 0 Å². The second kappa shape index (κ2) is 6.06. The maximum absolute atomic E-state index is 5.83. The highest BCUT2D eigenvalue weighted by Gasteiger charge is 2.13. The van der Waals surface area contributed by atoms with Crippen molar-refractivity contribution in [1.29, 1.82) is 0 Å². The zero-order valence-corrected chi connectivity index (χ0v) is 11.0. The number of pyridine rings is 1. The Kier molecular flexibility index (Phi) is 3.78. The molecular formula is C17H15NO2. The van der Waals surface area contributed by atoms with Gasteiger partial charge >= 0.3 is 0 Å². The molecule has 0 unspecified atom stereocenters. The van der Waals surface area contributed by atoms with Gasteiger partial charge in [0, 0.05) is 6.20 Å². The summed E-state index contributed by atoms with van der Waals surface area (Å²) in [4.78, 5) is 4.23. The van der Waals surface area contributed by atoms with Crippen LogP contribution < -0.4 is 0 Å². The van der Waals surface area contributed by atoms with Gasteiger partial charge in [0.25, 0.3) is 0 Å². The highest BCUT2D eigenvalue weighted by molar-refractivity contribution is 5.48. The smallest absolute Gasteiger partial charge is 0.165 e. The third-order valence-electron chi connectivity index (χ3n) is 3.02. The Morgan fingerprint density at radius 1 is 1.15 bits per heavy atom. The average Bonchev–Trinajstić information content (AvgIpc) is 2.55. The van der Waals surface area contributed by atoms with Crippen LogP contribution in [0.2, 0.25) is 0 Å².